The lowest BCUT2D eigenvalue weighted by Crippen LogP contribution is -2.59. The lowest BCUT2D eigenvalue weighted by atomic mass is 9.34. The molecule has 0 unspecified atom stereocenters. The fourth-order valence-corrected chi connectivity index (χ4v) is 12.4. The Morgan fingerprint density at radius 1 is 0.305 bits per heavy atom. The van der Waals surface area contributed by atoms with Crippen molar-refractivity contribution >= 4 is 88.3 Å². The predicted octanol–water partition coefficient (Wildman–Crippen LogP) is 12.3. The van der Waals surface area contributed by atoms with E-state index in [0.717, 1.165) is 0 Å². The molecule has 266 valence electrons. The quantitative estimate of drug-likeness (QED) is 0.148. The molecular weight excluding hydrogens is 711 g/mol. The second-order valence-corrected chi connectivity index (χ2v) is 17.1. The van der Waals surface area contributed by atoms with Gasteiger partial charge in [0, 0.05) is 32.9 Å². The first-order chi connectivity index (χ1) is 29.3. The van der Waals surface area contributed by atoms with Gasteiger partial charge in [-0.15, -0.1) is 0 Å². The number of rotatable bonds is 1. The van der Waals surface area contributed by atoms with E-state index in [1.807, 2.05) is 0 Å². The summed E-state index contributed by atoms with van der Waals surface area (Å²) in [6.45, 7) is 0.0406. The zero-order valence-corrected chi connectivity index (χ0v) is 31.7. The van der Waals surface area contributed by atoms with E-state index < -0.39 is 0 Å². The summed E-state index contributed by atoms with van der Waals surface area (Å²) >= 11 is 0. The fourth-order valence-electron chi connectivity index (χ4n) is 12.4. The van der Waals surface area contributed by atoms with Crippen LogP contribution in [0.4, 0.5) is 0 Å². The van der Waals surface area contributed by atoms with Gasteiger partial charge in [0.1, 0.15) is 0 Å². The summed E-state index contributed by atoms with van der Waals surface area (Å²) in [6, 6.07) is 67.2. The van der Waals surface area contributed by atoms with E-state index in [1.54, 1.807) is 0 Å². The van der Waals surface area contributed by atoms with Crippen molar-refractivity contribution < 1.29 is 0 Å². The largest absolute Gasteiger partial charge is 0.310 e. The van der Waals surface area contributed by atoms with Crippen molar-refractivity contribution in [3.63, 3.8) is 0 Å². The Morgan fingerprint density at radius 3 is 1.54 bits per heavy atom. The van der Waals surface area contributed by atoms with Gasteiger partial charge in [-0.25, -0.2) is 0 Å². The minimum Gasteiger partial charge on any atom is -0.310 e. The van der Waals surface area contributed by atoms with Crippen molar-refractivity contribution in [3.05, 3.63) is 176 Å². The summed E-state index contributed by atoms with van der Waals surface area (Å²) in [7, 11) is 0. The Hall–Kier alpha value is -7.62. The predicted molar refractivity (Wildman–Crippen MR) is 249 cm³/mol. The number of nitrogens with zero attached hydrogens (tertiary/aromatic N) is 2. The van der Waals surface area contributed by atoms with E-state index in [1.165, 1.54) is 149 Å². The first-order valence-electron chi connectivity index (χ1n) is 20.8. The molecule has 3 heteroatoms. The smallest absolute Gasteiger partial charge is 0.252 e. The van der Waals surface area contributed by atoms with E-state index in [-0.39, 0.29) is 6.71 Å². The Bertz CT molecular complexity index is 4010. The Balaban J connectivity index is 1.17. The Labute approximate surface area is 338 Å². The monoisotopic (exact) mass is 740 g/mol. The highest BCUT2D eigenvalue weighted by atomic mass is 15.0. The molecule has 12 aromatic rings. The molecule has 0 saturated carbocycles. The summed E-state index contributed by atoms with van der Waals surface area (Å²) < 4.78 is 5.32. The highest BCUT2D eigenvalue weighted by Gasteiger charge is 2.43. The van der Waals surface area contributed by atoms with Crippen LogP contribution in [0.15, 0.2) is 176 Å². The summed E-state index contributed by atoms with van der Waals surface area (Å²) in [5.41, 5.74) is 24.9. The molecule has 16 rings (SSSR count). The van der Waals surface area contributed by atoms with Gasteiger partial charge in [0.25, 0.3) is 6.71 Å². The fraction of sp³-hybridized carbons (Fsp3) is 0. The van der Waals surface area contributed by atoms with Crippen LogP contribution in [0.1, 0.15) is 0 Å². The third-order valence-electron chi connectivity index (χ3n) is 14.5. The van der Waals surface area contributed by atoms with Gasteiger partial charge < -0.3 is 9.13 Å². The molecule has 0 N–H and O–H groups in total. The average Bonchev–Trinajstić information content (AvgIpc) is 3.75. The van der Waals surface area contributed by atoms with Crippen molar-refractivity contribution in [2.45, 2.75) is 0 Å². The lowest BCUT2D eigenvalue weighted by molar-refractivity contribution is 1.14. The van der Waals surface area contributed by atoms with Gasteiger partial charge in [0.05, 0.1) is 22.1 Å². The van der Waals surface area contributed by atoms with Gasteiger partial charge in [-0.1, -0.05) is 152 Å². The van der Waals surface area contributed by atoms with Gasteiger partial charge >= 0.3 is 0 Å². The standard InChI is InChI=1S/C56H29BN2/c1-2-11-30(12-3-1)33-28-46-54-47(29-33)59-45-26-23-31-13-8-19-38-35-16-5-7-18-37(35)41-24-25-42(55(59)51(41)52(45)48(31)38)57(54)43-27-32-14-9-20-39-34-15-4-6-17-36(34)40-21-10-22-44-50(40)53(49(32)39)56(43)58(44)46/h1-29H. The molecule has 0 atom stereocenters. The molecule has 4 heterocycles. The van der Waals surface area contributed by atoms with Gasteiger partial charge in [-0.3, -0.25) is 0 Å². The lowest BCUT2D eigenvalue weighted by Gasteiger charge is -2.35. The van der Waals surface area contributed by atoms with Gasteiger partial charge in [0.15, 0.2) is 0 Å². The highest BCUT2D eigenvalue weighted by Crippen LogP contribution is 2.53. The molecule has 2 aromatic heterocycles. The van der Waals surface area contributed by atoms with Crippen LogP contribution in [0.25, 0.3) is 132 Å². The minimum absolute atomic E-state index is 0.0406. The van der Waals surface area contributed by atoms with E-state index in [4.69, 9.17) is 0 Å². The SMILES string of the molecule is c1ccc(-c2cc3c4c(c2)-n2c5cccc6c5c5c7c(cccc7cc(c52)B4c2ccc4c5c7c8c(cccc8ccc7n-3c25)-c2ccccc2-4)-c2ccccc2-6)cc1. The first-order valence-corrected chi connectivity index (χ1v) is 20.8. The van der Waals surface area contributed by atoms with E-state index in [9.17, 15) is 0 Å². The third-order valence-corrected chi connectivity index (χ3v) is 14.5. The molecule has 2 nitrogen and oxygen atoms in total. The molecule has 0 saturated heterocycles. The van der Waals surface area contributed by atoms with Crippen molar-refractivity contribution in [2.75, 3.05) is 0 Å². The molecule has 4 aliphatic rings. The molecule has 0 amide bonds. The topological polar surface area (TPSA) is 9.86 Å². The van der Waals surface area contributed by atoms with Crippen LogP contribution in [-0.4, -0.2) is 15.8 Å². The molecular formula is C56H29BN2. The maximum atomic E-state index is 2.66. The van der Waals surface area contributed by atoms with Crippen LogP contribution in [-0.2, 0) is 0 Å². The maximum absolute atomic E-state index is 2.66. The van der Waals surface area contributed by atoms with Crippen LogP contribution < -0.4 is 16.4 Å². The Morgan fingerprint density at radius 2 is 0.847 bits per heavy atom. The van der Waals surface area contributed by atoms with Crippen LogP contribution >= 0.6 is 0 Å². The molecule has 0 radical (unpaired) electrons. The van der Waals surface area contributed by atoms with Gasteiger partial charge in [0.2, 0.25) is 0 Å². The van der Waals surface area contributed by atoms with E-state index in [0.29, 0.717) is 0 Å². The number of hydrogen-bond donors (Lipinski definition) is 0. The van der Waals surface area contributed by atoms with E-state index in [2.05, 4.69) is 185 Å². The number of hydrogen-bond acceptors (Lipinski definition) is 0. The average molecular weight is 741 g/mol. The summed E-state index contributed by atoms with van der Waals surface area (Å²) in [5.74, 6) is 0. The maximum Gasteiger partial charge on any atom is 0.252 e. The zero-order chi connectivity index (χ0) is 37.8. The summed E-state index contributed by atoms with van der Waals surface area (Å²) in [5, 5.41) is 10.8. The van der Waals surface area contributed by atoms with E-state index >= 15 is 0 Å². The summed E-state index contributed by atoms with van der Waals surface area (Å²) in [6.07, 6.45) is 0. The first kappa shape index (κ1) is 29.6. The molecule has 0 bridgehead atoms. The van der Waals surface area contributed by atoms with Gasteiger partial charge in [-0.05, 0) is 118 Å². The normalized spacial score (nSPS) is 13.4. The van der Waals surface area contributed by atoms with Crippen LogP contribution in [0.5, 0.6) is 0 Å². The molecule has 0 fully saturated rings. The van der Waals surface area contributed by atoms with Crippen molar-refractivity contribution in [1.82, 2.24) is 9.13 Å². The number of benzene rings is 10. The third kappa shape index (κ3) is 3.25. The number of fused-ring (bicyclic) bond motifs is 12. The van der Waals surface area contributed by atoms with Crippen LogP contribution in [0.2, 0.25) is 0 Å². The summed E-state index contributed by atoms with van der Waals surface area (Å²) in [4.78, 5) is 0. The highest BCUT2D eigenvalue weighted by molar-refractivity contribution is 7.00. The molecule has 10 aromatic carbocycles. The second kappa shape index (κ2) is 9.90. The van der Waals surface area contributed by atoms with Crippen molar-refractivity contribution in [2.24, 2.45) is 0 Å². The van der Waals surface area contributed by atoms with Crippen molar-refractivity contribution in [3.8, 4) is 67.0 Å². The van der Waals surface area contributed by atoms with Gasteiger partial charge in [-0.2, -0.15) is 0 Å². The molecule has 2 aliphatic carbocycles. The number of aromatic nitrogens is 2. The van der Waals surface area contributed by atoms with Crippen molar-refractivity contribution in [1.29, 1.82) is 0 Å². The van der Waals surface area contributed by atoms with Crippen LogP contribution in [0, 0.1) is 0 Å². The molecule has 59 heavy (non-hydrogen) atoms. The Kier molecular flexibility index (Phi) is 4.97. The molecule has 2 aliphatic heterocycles. The minimum atomic E-state index is 0.0406. The zero-order valence-electron chi connectivity index (χ0n) is 31.7. The van der Waals surface area contributed by atoms with Crippen LogP contribution in [0.3, 0.4) is 0 Å². The second-order valence-electron chi connectivity index (χ2n) is 17.1. The molecule has 0 spiro atoms.